The number of amides is 1. The summed E-state index contributed by atoms with van der Waals surface area (Å²) in [6, 6.07) is 1.15. The Kier molecular flexibility index (Phi) is 9.49. The molecule has 8 heteroatoms. The summed E-state index contributed by atoms with van der Waals surface area (Å²) in [6.45, 7) is 9.99. The van der Waals surface area contributed by atoms with Gasteiger partial charge in [0, 0.05) is 12.6 Å². The summed E-state index contributed by atoms with van der Waals surface area (Å²) in [5, 5.41) is 0. The van der Waals surface area contributed by atoms with Crippen LogP contribution in [0.5, 0.6) is 5.88 Å². The van der Waals surface area contributed by atoms with E-state index in [0.29, 0.717) is 5.57 Å². The van der Waals surface area contributed by atoms with Gasteiger partial charge in [0.15, 0.2) is 11.7 Å². The molecule has 0 N–H and O–H groups in total. The van der Waals surface area contributed by atoms with Crippen LogP contribution < -0.4 is 4.74 Å². The maximum Gasteiger partial charge on any atom is 0.416 e. The number of allylic oxidation sites excluding steroid dienone is 2. The summed E-state index contributed by atoms with van der Waals surface area (Å²) in [5.41, 5.74) is -0.164. The third-order valence-corrected chi connectivity index (χ3v) is 3.08. The smallest absolute Gasteiger partial charge is 0.416 e. The number of amidine groups is 1. The molecule has 0 saturated heterocycles. The Bertz CT molecular complexity index is 768. The van der Waals surface area contributed by atoms with Crippen LogP contribution in [0, 0.1) is 5.82 Å². The van der Waals surface area contributed by atoms with Crippen molar-refractivity contribution in [1.29, 1.82) is 0 Å². The molecule has 0 aliphatic carbocycles. The zero-order chi connectivity index (χ0) is 20.8. The molecule has 1 heterocycles. The quantitative estimate of drug-likeness (QED) is 0.396. The van der Waals surface area contributed by atoms with Gasteiger partial charge < -0.3 is 9.47 Å². The molecule has 0 atom stereocenters. The van der Waals surface area contributed by atoms with E-state index < -0.39 is 23.3 Å². The lowest BCUT2D eigenvalue weighted by atomic mass is 10.2. The fourth-order valence-corrected chi connectivity index (χ4v) is 2.12. The van der Waals surface area contributed by atoms with Crippen LogP contribution in [0.3, 0.4) is 0 Å². The van der Waals surface area contributed by atoms with E-state index in [1.807, 2.05) is 0 Å². The average Bonchev–Trinajstić information content (AvgIpc) is 2.52. The highest BCUT2D eigenvalue weighted by atomic mass is 19.1. The first kappa shape index (κ1) is 25.2. The summed E-state index contributed by atoms with van der Waals surface area (Å²) < 4.78 is 38.7. The third kappa shape index (κ3) is 7.46. The zero-order valence-corrected chi connectivity index (χ0v) is 16.5. The summed E-state index contributed by atoms with van der Waals surface area (Å²) in [7, 11) is 2.69. The number of nitrogens with zero attached hydrogens (tertiary/aromatic N) is 3. The summed E-state index contributed by atoms with van der Waals surface area (Å²) >= 11 is 0. The summed E-state index contributed by atoms with van der Waals surface area (Å²) in [4.78, 5) is 21.3. The molecule has 0 saturated carbocycles. The number of pyridine rings is 1. The highest BCUT2D eigenvalue weighted by molar-refractivity contribution is 6.05. The molecule has 1 amide bonds. The first-order valence-corrected chi connectivity index (χ1v) is 8.17. The Morgan fingerprint density at radius 2 is 2.04 bits per heavy atom. The molecule has 0 spiro atoms. The van der Waals surface area contributed by atoms with Gasteiger partial charge in [0.2, 0.25) is 5.88 Å². The number of rotatable bonds is 5. The van der Waals surface area contributed by atoms with Gasteiger partial charge in [-0.15, -0.1) is 0 Å². The highest BCUT2D eigenvalue weighted by Gasteiger charge is 2.29. The topological polar surface area (TPSA) is 64.0 Å². The van der Waals surface area contributed by atoms with Gasteiger partial charge in [-0.1, -0.05) is 19.6 Å². The molecule has 0 aromatic carbocycles. The van der Waals surface area contributed by atoms with E-state index in [-0.39, 0.29) is 31.3 Å². The van der Waals surface area contributed by atoms with Crippen molar-refractivity contribution < 1.29 is 23.0 Å². The van der Waals surface area contributed by atoms with Gasteiger partial charge in [-0.05, 0) is 39.8 Å². The lowest BCUT2D eigenvalue weighted by Crippen LogP contribution is -2.41. The minimum atomic E-state index is -0.848. The van der Waals surface area contributed by atoms with E-state index in [9.17, 15) is 13.6 Å². The van der Waals surface area contributed by atoms with Crippen LogP contribution in [0.4, 0.5) is 13.6 Å². The molecule has 0 fully saturated rings. The van der Waals surface area contributed by atoms with Crippen LogP contribution in [-0.2, 0) is 11.3 Å². The Morgan fingerprint density at radius 1 is 1.43 bits per heavy atom. The summed E-state index contributed by atoms with van der Waals surface area (Å²) in [6.07, 6.45) is 1.27. The molecule has 0 radical (unpaired) electrons. The minimum absolute atomic E-state index is 0. The largest absolute Gasteiger partial charge is 0.481 e. The Balaban J connectivity index is 0.00000729. The highest BCUT2D eigenvalue weighted by Crippen LogP contribution is 2.22. The lowest BCUT2D eigenvalue weighted by Gasteiger charge is -2.28. The van der Waals surface area contributed by atoms with Crippen LogP contribution in [0.15, 0.2) is 41.3 Å². The number of hydrogen-bond donors (Lipinski definition) is 0. The van der Waals surface area contributed by atoms with Crippen molar-refractivity contribution in [2.45, 2.75) is 47.3 Å². The van der Waals surface area contributed by atoms with Crippen LogP contribution in [0.1, 0.15) is 40.7 Å². The van der Waals surface area contributed by atoms with E-state index in [4.69, 9.17) is 9.47 Å². The van der Waals surface area contributed by atoms with Gasteiger partial charge in [-0.3, -0.25) is 9.89 Å². The predicted octanol–water partition coefficient (Wildman–Crippen LogP) is 5.06. The number of aliphatic imine (C=N–C) groups is 1. The lowest BCUT2D eigenvalue weighted by molar-refractivity contribution is 0.0356. The zero-order valence-electron chi connectivity index (χ0n) is 16.5. The number of carbonyl (C=O) groups excluding carboxylic acids is 1. The van der Waals surface area contributed by atoms with Crippen molar-refractivity contribution in [3.05, 3.63) is 47.7 Å². The van der Waals surface area contributed by atoms with Gasteiger partial charge in [-0.25, -0.2) is 18.6 Å². The fourth-order valence-electron chi connectivity index (χ4n) is 2.12. The normalized spacial score (nSPS) is 12.1. The van der Waals surface area contributed by atoms with Crippen LogP contribution >= 0.6 is 0 Å². The number of ether oxygens (including phenoxy) is 2. The first-order valence-electron chi connectivity index (χ1n) is 8.17. The van der Waals surface area contributed by atoms with Crippen molar-refractivity contribution in [2.24, 2.45) is 4.99 Å². The Hall–Kier alpha value is -2.77. The third-order valence-electron chi connectivity index (χ3n) is 3.08. The molecule has 0 aliphatic heterocycles. The Labute approximate surface area is 165 Å². The van der Waals surface area contributed by atoms with Crippen molar-refractivity contribution in [2.75, 3.05) is 14.2 Å². The van der Waals surface area contributed by atoms with Crippen molar-refractivity contribution in [1.82, 2.24) is 9.88 Å². The number of halogens is 2. The fraction of sp³-hybridized carbons (Fsp3) is 0.450. The average molecular weight is 397 g/mol. The van der Waals surface area contributed by atoms with Crippen LogP contribution in [-0.4, -0.2) is 41.6 Å². The van der Waals surface area contributed by atoms with Crippen molar-refractivity contribution in [3.63, 3.8) is 0 Å². The second kappa shape index (κ2) is 10.5. The van der Waals surface area contributed by atoms with E-state index in [1.54, 1.807) is 27.7 Å². The molecular weight excluding hydrogens is 368 g/mol. The van der Waals surface area contributed by atoms with E-state index in [0.717, 1.165) is 23.2 Å². The van der Waals surface area contributed by atoms with Crippen molar-refractivity contribution in [3.8, 4) is 5.88 Å². The molecule has 0 unspecified atom stereocenters. The maximum absolute atomic E-state index is 14.6. The summed E-state index contributed by atoms with van der Waals surface area (Å²) in [5.74, 6) is -1.58. The van der Waals surface area contributed by atoms with Gasteiger partial charge in [0.25, 0.3) is 0 Å². The SMILES string of the molecule is C.C=C(C)/C=C(/F)C(=NC)N(Cc1cc(F)cnc1OC)C(=O)OC(C)(C)C. The monoisotopic (exact) mass is 397 g/mol. The van der Waals surface area contributed by atoms with Crippen molar-refractivity contribution >= 4 is 11.9 Å². The maximum atomic E-state index is 14.6. The Morgan fingerprint density at radius 3 is 2.50 bits per heavy atom. The molecule has 28 heavy (non-hydrogen) atoms. The second-order valence-electron chi connectivity index (χ2n) is 6.77. The molecule has 6 nitrogen and oxygen atoms in total. The van der Waals surface area contributed by atoms with E-state index in [1.165, 1.54) is 14.2 Å². The molecule has 156 valence electrons. The number of aromatic nitrogens is 1. The first-order chi connectivity index (χ1) is 12.5. The van der Waals surface area contributed by atoms with E-state index >= 15 is 0 Å². The molecular formula is C20H29F2N3O3. The molecule has 1 aromatic rings. The minimum Gasteiger partial charge on any atom is -0.481 e. The molecule has 1 aromatic heterocycles. The number of carbonyl (C=O) groups is 1. The number of methoxy groups -OCH3 is 1. The van der Waals surface area contributed by atoms with Crippen LogP contribution in [0.2, 0.25) is 0 Å². The molecule has 1 rings (SSSR count). The van der Waals surface area contributed by atoms with Gasteiger partial charge in [-0.2, -0.15) is 0 Å². The standard InChI is InChI=1S/C19H25F2N3O3.CH4/c1-12(2)8-15(21)16(22-6)24(18(25)27-19(3,4)5)11-13-9-14(20)10-23-17(13)26-7;/h8-10H,1,11H2,2-7H3;1H4/b15-8+,22-16?;. The van der Waals surface area contributed by atoms with Gasteiger partial charge >= 0.3 is 6.09 Å². The molecule has 0 aliphatic rings. The van der Waals surface area contributed by atoms with Gasteiger partial charge in [0.05, 0.1) is 19.9 Å². The number of hydrogen-bond acceptors (Lipinski definition) is 5. The predicted molar refractivity (Wildman–Crippen MR) is 107 cm³/mol. The van der Waals surface area contributed by atoms with E-state index in [2.05, 4.69) is 16.6 Å². The van der Waals surface area contributed by atoms with Gasteiger partial charge in [0.1, 0.15) is 11.4 Å². The van der Waals surface area contributed by atoms with Crippen LogP contribution in [0.25, 0.3) is 0 Å². The molecule has 0 bridgehead atoms. The second-order valence-corrected chi connectivity index (χ2v) is 6.77.